The fraction of sp³-hybridized carbons (Fsp3) is 0.462. The first-order valence-corrected chi connectivity index (χ1v) is 6.36. The van der Waals surface area contributed by atoms with Crippen molar-refractivity contribution in [2.75, 3.05) is 6.54 Å². The molecule has 1 unspecified atom stereocenters. The fourth-order valence-corrected chi connectivity index (χ4v) is 2.46. The van der Waals surface area contributed by atoms with Gasteiger partial charge in [0.25, 0.3) is 0 Å². The van der Waals surface area contributed by atoms with Gasteiger partial charge in [-0.2, -0.15) is 0 Å². The standard InChI is InChI=1S/C13H16BrN/c14-13-3-1-2-12(10-13)5-4-11-6-8-15-9-7-11/h1-3,8,10-11H,4-7,9H2. The first-order valence-electron chi connectivity index (χ1n) is 5.57. The summed E-state index contributed by atoms with van der Waals surface area (Å²) in [5, 5.41) is 0. The zero-order valence-corrected chi connectivity index (χ0v) is 10.4. The Labute approximate surface area is 99.7 Å². The molecular formula is C13H16BrN. The molecule has 0 spiro atoms. The van der Waals surface area contributed by atoms with Crippen molar-refractivity contribution >= 4 is 22.1 Å². The van der Waals surface area contributed by atoms with E-state index in [0.29, 0.717) is 0 Å². The molecule has 1 nitrogen and oxygen atoms in total. The Morgan fingerprint density at radius 2 is 2.33 bits per heavy atom. The lowest BCUT2D eigenvalue weighted by atomic mass is 9.93. The van der Waals surface area contributed by atoms with Gasteiger partial charge in [-0.1, -0.05) is 28.1 Å². The minimum absolute atomic E-state index is 0.849. The SMILES string of the molecule is Brc1cccc(CCC2CC=NCC2)c1. The Hall–Kier alpha value is -0.630. The van der Waals surface area contributed by atoms with Gasteiger partial charge in [0, 0.05) is 11.0 Å². The topological polar surface area (TPSA) is 12.4 Å². The normalized spacial score (nSPS) is 20.5. The van der Waals surface area contributed by atoms with E-state index >= 15 is 0 Å². The van der Waals surface area contributed by atoms with Gasteiger partial charge in [0.1, 0.15) is 0 Å². The van der Waals surface area contributed by atoms with Gasteiger partial charge in [-0.25, -0.2) is 0 Å². The minimum atomic E-state index is 0.849. The predicted octanol–water partition coefficient (Wildman–Crippen LogP) is 3.86. The van der Waals surface area contributed by atoms with E-state index in [1.807, 2.05) is 0 Å². The highest BCUT2D eigenvalue weighted by Crippen LogP contribution is 2.20. The predicted molar refractivity (Wildman–Crippen MR) is 68.5 cm³/mol. The van der Waals surface area contributed by atoms with E-state index in [1.54, 1.807) is 0 Å². The average Bonchev–Trinajstić information content (AvgIpc) is 2.28. The fourth-order valence-electron chi connectivity index (χ4n) is 2.02. The highest BCUT2D eigenvalue weighted by Gasteiger charge is 2.10. The first-order chi connectivity index (χ1) is 7.34. The van der Waals surface area contributed by atoms with Gasteiger partial charge >= 0.3 is 0 Å². The Kier molecular flexibility index (Phi) is 3.95. The van der Waals surface area contributed by atoms with Gasteiger partial charge in [-0.3, -0.25) is 4.99 Å². The lowest BCUT2D eigenvalue weighted by Crippen LogP contribution is -2.09. The van der Waals surface area contributed by atoms with E-state index in [4.69, 9.17) is 0 Å². The highest BCUT2D eigenvalue weighted by atomic mass is 79.9. The van der Waals surface area contributed by atoms with Gasteiger partial charge in [-0.05, 0) is 55.5 Å². The quantitative estimate of drug-likeness (QED) is 0.787. The van der Waals surface area contributed by atoms with Crippen LogP contribution in [0.1, 0.15) is 24.8 Å². The van der Waals surface area contributed by atoms with E-state index in [2.05, 4.69) is 51.4 Å². The first kappa shape index (κ1) is 10.9. The van der Waals surface area contributed by atoms with Gasteiger partial charge < -0.3 is 0 Å². The molecule has 0 amide bonds. The molecule has 0 saturated carbocycles. The van der Waals surface area contributed by atoms with E-state index in [0.717, 1.165) is 12.5 Å². The summed E-state index contributed by atoms with van der Waals surface area (Å²) in [5.74, 6) is 0.849. The summed E-state index contributed by atoms with van der Waals surface area (Å²) in [4.78, 5) is 4.26. The van der Waals surface area contributed by atoms with Gasteiger partial charge in [0.05, 0.1) is 0 Å². The van der Waals surface area contributed by atoms with Crippen LogP contribution in [0.3, 0.4) is 0 Å². The van der Waals surface area contributed by atoms with Crippen LogP contribution in [-0.4, -0.2) is 12.8 Å². The maximum Gasteiger partial charge on any atom is 0.0388 e. The summed E-state index contributed by atoms with van der Waals surface area (Å²) in [6.45, 7) is 1.03. The van der Waals surface area contributed by atoms with Crippen LogP contribution in [-0.2, 0) is 6.42 Å². The Balaban J connectivity index is 1.84. The van der Waals surface area contributed by atoms with Crippen LogP contribution in [0.4, 0.5) is 0 Å². The highest BCUT2D eigenvalue weighted by molar-refractivity contribution is 9.10. The Bertz CT molecular complexity index is 346. The number of hydrogen-bond acceptors (Lipinski definition) is 1. The lowest BCUT2D eigenvalue weighted by Gasteiger charge is -2.16. The number of hydrogen-bond donors (Lipinski definition) is 0. The van der Waals surface area contributed by atoms with Gasteiger partial charge in [-0.15, -0.1) is 0 Å². The lowest BCUT2D eigenvalue weighted by molar-refractivity contribution is 0.463. The second kappa shape index (κ2) is 5.45. The third kappa shape index (κ3) is 3.45. The number of nitrogens with zero attached hydrogens (tertiary/aromatic N) is 1. The van der Waals surface area contributed by atoms with Crippen LogP contribution in [0.15, 0.2) is 33.7 Å². The molecule has 0 bridgehead atoms. The van der Waals surface area contributed by atoms with Crippen molar-refractivity contribution in [1.29, 1.82) is 0 Å². The molecule has 1 atom stereocenters. The third-order valence-electron chi connectivity index (χ3n) is 2.96. The molecule has 1 aromatic carbocycles. The second-order valence-corrected chi connectivity index (χ2v) is 5.06. The molecule has 2 heteroatoms. The summed E-state index contributed by atoms with van der Waals surface area (Å²) < 4.78 is 1.19. The van der Waals surface area contributed by atoms with E-state index in [-0.39, 0.29) is 0 Å². The molecule has 0 fully saturated rings. The second-order valence-electron chi connectivity index (χ2n) is 4.15. The number of rotatable bonds is 3. The van der Waals surface area contributed by atoms with Crippen molar-refractivity contribution < 1.29 is 0 Å². The zero-order valence-electron chi connectivity index (χ0n) is 8.82. The van der Waals surface area contributed by atoms with Crippen LogP contribution in [0.2, 0.25) is 0 Å². The van der Waals surface area contributed by atoms with Gasteiger partial charge in [0.2, 0.25) is 0 Å². The van der Waals surface area contributed by atoms with Crippen LogP contribution in [0.25, 0.3) is 0 Å². The van der Waals surface area contributed by atoms with Gasteiger partial charge in [0.15, 0.2) is 0 Å². The molecule has 0 aliphatic carbocycles. The molecule has 1 heterocycles. The summed E-state index contributed by atoms with van der Waals surface area (Å²) >= 11 is 3.51. The summed E-state index contributed by atoms with van der Waals surface area (Å²) in [6.07, 6.45) is 7.02. The van der Waals surface area contributed by atoms with Crippen LogP contribution < -0.4 is 0 Å². The number of benzene rings is 1. The molecule has 15 heavy (non-hydrogen) atoms. The molecule has 1 aliphatic heterocycles. The zero-order chi connectivity index (χ0) is 10.5. The van der Waals surface area contributed by atoms with E-state index < -0.39 is 0 Å². The van der Waals surface area contributed by atoms with Crippen LogP contribution >= 0.6 is 15.9 Å². The summed E-state index contributed by atoms with van der Waals surface area (Å²) in [6, 6.07) is 8.62. The van der Waals surface area contributed by atoms with E-state index in [9.17, 15) is 0 Å². The van der Waals surface area contributed by atoms with Crippen LogP contribution in [0, 0.1) is 5.92 Å². The Morgan fingerprint density at radius 3 is 3.07 bits per heavy atom. The average molecular weight is 266 g/mol. The smallest absolute Gasteiger partial charge is 0.0388 e. The summed E-state index contributed by atoms with van der Waals surface area (Å²) in [5.41, 5.74) is 1.44. The number of aryl methyl sites for hydroxylation is 1. The molecule has 0 aromatic heterocycles. The molecule has 80 valence electrons. The minimum Gasteiger partial charge on any atom is -0.298 e. The van der Waals surface area contributed by atoms with Crippen molar-refractivity contribution in [2.45, 2.75) is 25.7 Å². The number of halogens is 1. The molecule has 0 saturated heterocycles. The molecular weight excluding hydrogens is 250 g/mol. The largest absolute Gasteiger partial charge is 0.298 e. The van der Waals surface area contributed by atoms with Crippen molar-refractivity contribution in [3.8, 4) is 0 Å². The summed E-state index contributed by atoms with van der Waals surface area (Å²) in [7, 11) is 0. The molecule has 0 N–H and O–H groups in total. The maximum absolute atomic E-state index is 4.26. The molecule has 1 aromatic rings. The maximum atomic E-state index is 4.26. The Morgan fingerprint density at radius 1 is 1.40 bits per heavy atom. The number of aliphatic imine (C=N–C) groups is 1. The molecule has 2 rings (SSSR count). The molecule has 1 aliphatic rings. The van der Waals surface area contributed by atoms with Crippen molar-refractivity contribution in [3.63, 3.8) is 0 Å². The van der Waals surface area contributed by atoms with Crippen molar-refractivity contribution in [2.24, 2.45) is 10.9 Å². The molecule has 0 radical (unpaired) electrons. The van der Waals surface area contributed by atoms with Crippen molar-refractivity contribution in [3.05, 3.63) is 34.3 Å². The third-order valence-corrected chi connectivity index (χ3v) is 3.46. The monoisotopic (exact) mass is 265 g/mol. The van der Waals surface area contributed by atoms with Crippen LogP contribution in [0.5, 0.6) is 0 Å². The van der Waals surface area contributed by atoms with Crippen molar-refractivity contribution in [1.82, 2.24) is 0 Å². The van der Waals surface area contributed by atoms with E-state index in [1.165, 1.54) is 35.7 Å².